The molecular formula is C15H20Cl2N2O. The molecule has 2 N–H and O–H groups in total. The molecule has 1 heterocycles. The van der Waals surface area contributed by atoms with Crippen molar-refractivity contribution in [3.05, 3.63) is 33.8 Å². The lowest BCUT2D eigenvalue weighted by atomic mass is 10.0. The predicted molar refractivity (Wildman–Crippen MR) is 83.0 cm³/mol. The van der Waals surface area contributed by atoms with Gasteiger partial charge in [0.25, 0.3) is 0 Å². The Bertz CT molecular complexity index is 493. The molecule has 1 saturated heterocycles. The highest BCUT2D eigenvalue weighted by atomic mass is 35.5. The molecule has 0 bridgehead atoms. The first-order valence-corrected chi connectivity index (χ1v) is 7.78. The molecule has 1 aromatic rings. The van der Waals surface area contributed by atoms with Crippen LogP contribution in [0, 0.1) is 0 Å². The van der Waals surface area contributed by atoms with Crippen molar-refractivity contribution in [2.24, 2.45) is 5.73 Å². The molecule has 20 heavy (non-hydrogen) atoms. The van der Waals surface area contributed by atoms with Gasteiger partial charge in [-0.25, -0.2) is 0 Å². The molecule has 0 aromatic heterocycles. The van der Waals surface area contributed by atoms with Crippen molar-refractivity contribution in [1.82, 2.24) is 4.90 Å². The molecule has 1 aliphatic rings. The van der Waals surface area contributed by atoms with E-state index >= 15 is 0 Å². The van der Waals surface area contributed by atoms with Crippen LogP contribution in [0.5, 0.6) is 0 Å². The van der Waals surface area contributed by atoms with Crippen LogP contribution >= 0.6 is 23.2 Å². The molecule has 1 aromatic carbocycles. The molecule has 2 rings (SSSR count). The molecule has 2 atom stereocenters. The van der Waals surface area contributed by atoms with Crippen molar-refractivity contribution in [3.63, 3.8) is 0 Å². The highest BCUT2D eigenvalue weighted by Crippen LogP contribution is 2.35. The van der Waals surface area contributed by atoms with Gasteiger partial charge in [0.2, 0.25) is 5.91 Å². The Labute approximate surface area is 130 Å². The summed E-state index contributed by atoms with van der Waals surface area (Å²) in [6.07, 6.45) is 3.20. The molecule has 0 spiro atoms. The molecule has 0 saturated carbocycles. The number of benzene rings is 1. The van der Waals surface area contributed by atoms with Gasteiger partial charge in [-0.1, -0.05) is 36.2 Å². The number of likely N-dealkylation sites (tertiary alicyclic amines) is 1. The zero-order chi connectivity index (χ0) is 14.7. The number of amides is 1. The summed E-state index contributed by atoms with van der Waals surface area (Å²) in [6.45, 7) is 2.79. The van der Waals surface area contributed by atoms with Gasteiger partial charge < -0.3 is 10.6 Å². The highest BCUT2D eigenvalue weighted by Gasteiger charge is 2.30. The van der Waals surface area contributed by atoms with E-state index < -0.39 is 0 Å². The standard InChI is InChI=1S/C15H20Cl2N2O/c1-2-11(18)9-15(20)19-7-3-4-14(19)10-5-6-12(16)13(17)8-10/h5-6,8,11,14H,2-4,7,9,18H2,1H3. The van der Waals surface area contributed by atoms with Crippen LogP contribution in [0.1, 0.15) is 44.2 Å². The first-order chi connectivity index (χ1) is 9.52. The highest BCUT2D eigenvalue weighted by molar-refractivity contribution is 6.42. The number of hydrogen-bond acceptors (Lipinski definition) is 2. The number of rotatable bonds is 4. The fourth-order valence-corrected chi connectivity index (χ4v) is 2.92. The minimum Gasteiger partial charge on any atom is -0.336 e. The lowest BCUT2D eigenvalue weighted by Gasteiger charge is -2.26. The largest absolute Gasteiger partial charge is 0.336 e. The van der Waals surface area contributed by atoms with Crippen LogP contribution in [0.2, 0.25) is 10.0 Å². The van der Waals surface area contributed by atoms with E-state index in [9.17, 15) is 4.79 Å². The Balaban J connectivity index is 2.14. The maximum Gasteiger partial charge on any atom is 0.224 e. The van der Waals surface area contributed by atoms with Crippen LogP contribution in [0.4, 0.5) is 0 Å². The Morgan fingerprint density at radius 1 is 1.45 bits per heavy atom. The van der Waals surface area contributed by atoms with Gasteiger partial charge in [-0.3, -0.25) is 4.79 Å². The number of carbonyl (C=O) groups is 1. The van der Waals surface area contributed by atoms with E-state index in [0.29, 0.717) is 16.5 Å². The van der Waals surface area contributed by atoms with Gasteiger partial charge in [0.15, 0.2) is 0 Å². The second kappa shape index (κ2) is 6.79. The number of nitrogens with two attached hydrogens (primary N) is 1. The lowest BCUT2D eigenvalue weighted by Crippen LogP contribution is -2.35. The van der Waals surface area contributed by atoms with Crippen LogP contribution in [0.3, 0.4) is 0 Å². The summed E-state index contributed by atoms with van der Waals surface area (Å²) in [5.41, 5.74) is 6.93. The molecule has 1 aliphatic heterocycles. The summed E-state index contributed by atoms with van der Waals surface area (Å²) < 4.78 is 0. The van der Waals surface area contributed by atoms with Crippen molar-refractivity contribution in [2.75, 3.05) is 6.54 Å². The summed E-state index contributed by atoms with van der Waals surface area (Å²) >= 11 is 12.0. The average Bonchev–Trinajstić information content (AvgIpc) is 2.91. The van der Waals surface area contributed by atoms with E-state index in [2.05, 4.69) is 0 Å². The molecule has 2 unspecified atom stereocenters. The maximum absolute atomic E-state index is 12.3. The van der Waals surface area contributed by atoms with Crippen LogP contribution < -0.4 is 5.73 Å². The summed E-state index contributed by atoms with van der Waals surface area (Å²) in [7, 11) is 0. The van der Waals surface area contributed by atoms with E-state index in [-0.39, 0.29) is 18.0 Å². The molecule has 5 heteroatoms. The average molecular weight is 315 g/mol. The van der Waals surface area contributed by atoms with E-state index in [1.807, 2.05) is 24.0 Å². The predicted octanol–water partition coefficient (Wildman–Crippen LogP) is 3.78. The molecule has 0 aliphatic carbocycles. The molecule has 0 radical (unpaired) electrons. The molecule has 1 amide bonds. The van der Waals surface area contributed by atoms with Crippen LogP contribution in [-0.2, 0) is 4.79 Å². The second-order valence-corrected chi connectivity index (χ2v) is 6.11. The summed E-state index contributed by atoms with van der Waals surface area (Å²) in [5, 5.41) is 1.08. The van der Waals surface area contributed by atoms with Gasteiger partial charge in [-0.05, 0) is 37.0 Å². The van der Waals surface area contributed by atoms with E-state index in [1.54, 1.807) is 6.07 Å². The van der Waals surface area contributed by atoms with Gasteiger partial charge in [0.05, 0.1) is 16.1 Å². The first-order valence-electron chi connectivity index (χ1n) is 7.03. The first kappa shape index (κ1) is 15.6. The van der Waals surface area contributed by atoms with Crippen molar-refractivity contribution in [2.45, 2.75) is 44.7 Å². The molecule has 110 valence electrons. The fourth-order valence-electron chi connectivity index (χ4n) is 2.62. The molecule has 1 fully saturated rings. The van der Waals surface area contributed by atoms with Crippen LogP contribution in [0.25, 0.3) is 0 Å². The third kappa shape index (κ3) is 3.46. The fraction of sp³-hybridized carbons (Fsp3) is 0.533. The third-order valence-electron chi connectivity index (χ3n) is 3.86. The second-order valence-electron chi connectivity index (χ2n) is 5.29. The number of nitrogens with zero attached hydrogens (tertiary/aromatic N) is 1. The smallest absolute Gasteiger partial charge is 0.224 e. The van der Waals surface area contributed by atoms with Crippen LogP contribution in [0.15, 0.2) is 18.2 Å². The zero-order valence-corrected chi connectivity index (χ0v) is 13.1. The quantitative estimate of drug-likeness (QED) is 0.919. The van der Waals surface area contributed by atoms with Crippen molar-refractivity contribution < 1.29 is 4.79 Å². The number of carbonyl (C=O) groups excluding carboxylic acids is 1. The number of hydrogen-bond donors (Lipinski definition) is 1. The Morgan fingerprint density at radius 3 is 2.85 bits per heavy atom. The minimum absolute atomic E-state index is 0.0578. The van der Waals surface area contributed by atoms with Gasteiger partial charge in [-0.2, -0.15) is 0 Å². The molecular weight excluding hydrogens is 295 g/mol. The lowest BCUT2D eigenvalue weighted by molar-refractivity contribution is -0.132. The summed E-state index contributed by atoms with van der Waals surface area (Å²) in [6, 6.07) is 5.64. The monoisotopic (exact) mass is 314 g/mol. The summed E-state index contributed by atoms with van der Waals surface area (Å²) in [4.78, 5) is 14.3. The van der Waals surface area contributed by atoms with Crippen molar-refractivity contribution in [1.29, 1.82) is 0 Å². The van der Waals surface area contributed by atoms with Crippen molar-refractivity contribution >= 4 is 29.1 Å². The number of halogens is 2. The third-order valence-corrected chi connectivity index (χ3v) is 4.60. The van der Waals surface area contributed by atoms with Gasteiger partial charge in [0, 0.05) is 19.0 Å². The van der Waals surface area contributed by atoms with E-state index in [1.165, 1.54) is 0 Å². The topological polar surface area (TPSA) is 46.3 Å². The SMILES string of the molecule is CCC(N)CC(=O)N1CCCC1c1ccc(Cl)c(Cl)c1. The normalized spacial score (nSPS) is 20.2. The Kier molecular flexibility index (Phi) is 5.30. The van der Waals surface area contributed by atoms with Gasteiger partial charge >= 0.3 is 0 Å². The van der Waals surface area contributed by atoms with Gasteiger partial charge in [-0.15, -0.1) is 0 Å². The minimum atomic E-state index is -0.0578. The van der Waals surface area contributed by atoms with Crippen molar-refractivity contribution in [3.8, 4) is 0 Å². The Hall–Kier alpha value is -0.770. The maximum atomic E-state index is 12.3. The van der Waals surface area contributed by atoms with Crippen LogP contribution in [-0.4, -0.2) is 23.4 Å². The van der Waals surface area contributed by atoms with E-state index in [4.69, 9.17) is 28.9 Å². The summed E-state index contributed by atoms with van der Waals surface area (Å²) in [5.74, 6) is 0.132. The van der Waals surface area contributed by atoms with Gasteiger partial charge in [0.1, 0.15) is 0 Å². The van der Waals surface area contributed by atoms with E-state index in [0.717, 1.165) is 31.4 Å². The zero-order valence-electron chi connectivity index (χ0n) is 11.6. The Morgan fingerprint density at radius 2 is 2.20 bits per heavy atom. The molecule has 3 nitrogen and oxygen atoms in total.